The van der Waals surface area contributed by atoms with Crippen molar-refractivity contribution in [2.75, 3.05) is 6.54 Å². The van der Waals surface area contributed by atoms with Crippen LogP contribution in [0.15, 0.2) is 24.3 Å². The molecule has 2 unspecified atom stereocenters. The third kappa shape index (κ3) is 4.57. The summed E-state index contributed by atoms with van der Waals surface area (Å²) in [5.74, 6) is 0.705. The van der Waals surface area contributed by atoms with Crippen LogP contribution in [0.5, 0.6) is 5.75 Å². The van der Waals surface area contributed by atoms with Gasteiger partial charge in [0, 0.05) is 0 Å². The zero-order valence-corrected chi connectivity index (χ0v) is 11.8. The fourth-order valence-electron chi connectivity index (χ4n) is 1.55. The molecular formula is C14H20ClNO2. The summed E-state index contributed by atoms with van der Waals surface area (Å²) in [6.45, 7) is 6.11. The van der Waals surface area contributed by atoms with E-state index in [4.69, 9.17) is 16.3 Å². The van der Waals surface area contributed by atoms with Crippen LogP contribution in [-0.2, 0) is 11.2 Å². The minimum absolute atomic E-state index is 0.0860. The molecule has 3 nitrogen and oxygen atoms in total. The quantitative estimate of drug-likeness (QED) is 0.807. The van der Waals surface area contributed by atoms with Crippen molar-refractivity contribution < 1.29 is 9.53 Å². The Morgan fingerprint density at radius 3 is 2.67 bits per heavy atom. The molecule has 0 saturated carbocycles. The zero-order valence-electron chi connectivity index (χ0n) is 11.1. The number of nitrogens with one attached hydrogen (secondary N) is 1. The van der Waals surface area contributed by atoms with Gasteiger partial charge in [0.1, 0.15) is 17.2 Å². The van der Waals surface area contributed by atoms with Crippen LogP contribution >= 0.6 is 11.6 Å². The van der Waals surface area contributed by atoms with Crippen molar-refractivity contribution in [1.82, 2.24) is 5.32 Å². The molecular weight excluding hydrogens is 250 g/mol. The highest BCUT2D eigenvalue weighted by Gasteiger charge is 2.12. The maximum Gasteiger partial charge on any atom is 0.237 e. The summed E-state index contributed by atoms with van der Waals surface area (Å²) in [6, 6.07) is 7.93. The molecule has 4 heteroatoms. The molecule has 1 aromatic rings. The highest BCUT2D eigenvalue weighted by atomic mass is 35.5. The van der Waals surface area contributed by atoms with E-state index < -0.39 is 5.38 Å². The number of amides is 1. The first-order chi connectivity index (χ1) is 8.54. The fourth-order valence-corrected chi connectivity index (χ4v) is 1.63. The van der Waals surface area contributed by atoms with Gasteiger partial charge >= 0.3 is 0 Å². The molecule has 0 radical (unpaired) electrons. The van der Waals surface area contributed by atoms with E-state index in [2.05, 4.69) is 12.2 Å². The monoisotopic (exact) mass is 269 g/mol. The molecule has 2 atom stereocenters. The van der Waals surface area contributed by atoms with Gasteiger partial charge in [-0.3, -0.25) is 4.79 Å². The molecule has 0 aliphatic carbocycles. The lowest BCUT2D eigenvalue weighted by molar-refractivity contribution is -0.120. The molecule has 1 rings (SSSR count). The Kier molecular flexibility index (Phi) is 5.99. The van der Waals surface area contributed by atoms with Gasteiger partial charge in [-0.2, -0.15) is 0 Å². The second-order valence-corrected chi connectivity index (χ2v) is 4.91. The summed E-state index contributed by atoms with van der Waals surface area (Å²) in [4.78, 5) is 11.3. The number of alkyl halides is 1. The maximum absolute atomic E-state index is 11.3. The van der Waals surface area contributed by atoms with E-state index >= 15 is 0 Å². The first kappa shape index (κ1) is 14.8. The number of ether oxygens (including phenoxy) is 1. The highest BCUT2D eigenvalue weighted by Crippen LogP contribution is 2.19. The van der Waals surface area contributed by atoms with Gasteiger partial charge in [-0.15, -0.1) is 11.6 Å². The lowest BCUT2D eigenvalue weighted by atomic mass is 10.1. The molecule has 0 aromatic heterocycles. The minimum Gasteiger partial charge on any atom is -0.489 e. The SMILES string of the molecule is CCc1ccccc1OC(C)CNC(=O)C(C)Cl. The lowest BCUT2D eigenvalue weighted by Crippen LogP contribution is -2.37. The van der Waals surface area contributed by atoms with E-state index in [0.717, 1.165) is 12.2 Å². The van der Waals surface area contributed by atoms with Crippen LogP contribution in [0.2, 0.25) is 0 Å². The second kappa shape index (κ2) is 7.27. The average molecular weight is 270 g/mol. The third-order valence-electron chi connectivity index (χ3n) is 2.61. The van der Waals surface area contributed by atoms with Crippen molar-refractivity contribution in [1.29, 1.82) is 0 Å². The lowest BCUT2D eigenvalue weighted by Gasteiger charge is -2.18. The van der Waals surface area contributed by atoms with Gasteiger partial charge < -0.3 is 10.1 Å². The Balaban J connectivity index is 2.49. The van der Waals surface area contributed by atoms with E-state index in [1.54, 1.807) is 6.92 Å². The van der Waals surface area contributed by atoms with Gasteiger partial charge in [-0.05, 0) is 31.9 Å². The van der Waals surface area contributed by atoms with Crippen molar-refractivity contribution in [3.8, 4) is 5.75 Å². The number of aryl methyl sites for hydroxylation is 1. The molecule has 1 amide bonds. The number of hydrogen-bond acceptors (Lipinski definition) is 2. The summed E-state index contributed by atoms with van der Waals surface area (Å²) in [6.07, 6.45) is 0.839. The Labute approximate surface area is 113 Å². The van der Waals surface area contributed by atoms with Gasteiger partial charge in [-0.1, -0.05) is 25.1 Å². The van der Waals surface area contributed by atoms with Crippen LogP contribution in [0, 0.1) is 0 Å². The molecule has 18 heavy (non-hydrogen) atoms. The second-order valence-electron chi connectivity index (χ2n) is 4.25. The summed E-state index contributed by atoms with van der Waals surface area (Å²) in [7, 11) is 0. The van der Waals surface area contributed by atoms with E-state index in [1.165, 1.54) is 5.56 Å². The number of hydrogen-bond donors (Lipinski definition) is 1. The Bertz CT molecular complexity index is 393. The summed E-state index contributed by atoms with van der Waals surface area (Å²) in [5.41, 5.74) is 1.17. The Morgan fingerprint density at radius 1 is 1.39 bits per heavy atom. The van der Waals surface area contributed by atoms with Gasteiger partial charge in [0.25, 0.3) is 0 Å². The third-order valence-corrected chi connectivity index (χ3v) is 2.80. The number of carbonyl (C=O) groups is 1. The molecule has 0 aliphatic rings. The number of para-hydroxylation sites is 1. The smallest absolute Gasteiger partial charge is 0.237 e. The van der Waals surface area contributed by atoms with Crippen molar-refractivity contribution >= 4 is 17.5 Å². The van der Waals surface area contributed by atoms with Crippen LogP contribution in [0.3, 0.4) is 0 Å². The van der Waals surface area contributed by atoms with Crippen LogP contribution in [0.25, 0.3) is 0 Å². The van der Waals surface area contributed by atoms with Crippen LogP contribution in [-0.4, -0.2) is 23.9 Å². The fraction of sp³-hybridized carbons (Fsp3) is 0.500. The molecule has 0 aliphatic heterocycles. The van der Waals surface area contributed by atoms with Crippen molar-refractivity contribution in [3.63, 3.8) is 0 Å². The van der Waals surface area contributed by atoms with Crippen molar-refractivity contribution in [2.45, 2.75) is 38.7 Å². The van der Waals surface area contributed by atoms with Gasteiger partial charge in [0.05, 0.1) is 6.54 Å². The minimum atomic E-state index is -0.514. The predicted octanol–water partition coefficient (Wildman–Crippen LogP) is 2.76. The molecule has 100 valence electrons. The van der Waals surface area contributed by atoms with E-state index in [-0.39, 0.29) is 12.0 Å². The standard InChI is InChI=1S/C14H20ClNO2/c1-4-12-7-5-6-8-13(12)18-10(2)9-16-14(17)11(3)15/h5-8,10-11H,4,9H2,1-3H3,(H,16,17). The van der Waals surface area contributed by atoms with E-state index in [1.807, 2.05) is 31.2 Å². The summed E-state index contributed by atoms with van der Waals surface area (Å²) >= 11 is 5.67. The van der Waals surface area contributed by atoms with Gasteiger partial charge in [0.15, 0.2) is 0 Å². The first-order valence-electron chi connectivity index (χ1n) is 6.21. The Hall–Kier alpha value is -1.22. The average Bonchev–Trinajstić information content (AvgIpc) is 2.36. The van der Waals surface area contributed by atoms with Crippen LogP contribution in [0.4, 0.5) is 0 Å². The highest BCUT2D eigenvalue weighted by molar-refractivity contribution is 6.30. The molecule has 0 fully saturated rings. The van der Waals surface area contributed by atoms with Crippen LogP contribution < -0.4 is 10.1 Å². The van der Waals surface area contributed by atoms with Crippen LogP contribution in [0.1, 0.15) is 26.3 Å². The molecule has 1 aromatic carbocycles. The van der Waals surface area contributed by atoms with Gasteiger partial charge in [-0.25, -0.2) is 0 Å². The van der Waals surface area contributed by atoms with Crippen molar-refractivity contribution in [3.05, 3.63) is 29.8 Å². The number of rotatable bonds is 6. The predicted molar refractivity (Wildman–Crippen MR) is 74.2 cm³/mol. The number of benzene rings is 1. The molecule has 0 heterocycles. The number of carbonyl (C=O) groups excluding carboxylic acids is 1. The zero-order chi connectivity index (χ0) is 13.5. The maximum atomic E-state index is 11.3. The molecule has 0 spiro atoms. The van der Waals surface area contributed by atoms with E-state index in [9.17, 15) is 4.79 Å². The topological polar surface area (TPSA) is 38.3 Å². The largest absolute Gasteiger partial charge is 0.489 e. The normalized spacial score (nSPS) is 13.8. The van der Waals surface area contributed by atoms with Gasteiger partial charge in [0.2, 0.25) is 5.91 Å². The summed E-state index contributed by atoms with van der Waals surface area (Å²) in [5, 5.41) is 2.23. The Morgan fingerprint density at radius 2 is 2.06 bits per heavy atom. The van der Waals surface area contributed by atoms with Crippen molar-refractivity contribution in [2.24, 2.45) is 0 Å². The number of halogens is 1. The van der Waals surface area contributed by atoms with E-state index in [0.29, 0.717) is 6.54 Å². The molecule has 1 N–H and O–H groups in total. The summed E-state index contributed by atoms with van der Waals surface area (Å²) < 4.78 is 5.81. The molecule has 0 bridgehead atoms. The first-order valence-corrected chi connectivity index (χ1v) is 6.64. The molecule has 0 saturated heterocycles.